The summed E-state index contributed by atoms with van der Waals surface area (Å²) in [5, 5.41) is 0. The smallest absolute Gasteiger partial charge is 0.203 e. The van der Waals surface area contributed by atoms with Gasteiger partial charge in [0.2, 0.25) is 5.78 Å². The van der Waals surface area contributed by atoms with Crippen LogP contribution in [0.4, 0.5) is 0 Å². The lowest BCUT2D eigenvalue weighted by atomic mass is 10.1. The molecule has 0 radical (unpaired) electrons. The van der Waals surface area contributed by atoms with Gasteiger partial charge in [0, 0.05) is 5.56 Å². The summed E-state index contributed by atoms with van der Waals surface area (Å²) >= 11 is 7.32. The quantitative estimate of drug-likeness (QED) is 0.720. The fourth-order valence-electron chi connectivity index (χ4n) is 1.91. The summed E-state index contributed by atoms with van der Waals surface area (Å²) in [6.45, 7) is 6.76. The average molecular weight is 325 g/mol. The number of rotatable bonds is 6. The lowest BCUT2D eigenvalue weighted by Gasteiger charge is -2.11. The lowest BCUT2D eigenvalue weighted by molar-refractivity contribution is 0.104. The van der Waals surface area contributed by atoms with Crippen LogP contribution >= 0.6 is 22.9 Å². The predicted octanol–water partition coefficient (Wildman–Crippen LogP) is 4.74. The fourth-order valence-corrected chi connectivity index (χ4v) is 3.07. The Morgan fingerprint density at radius 2 is 1.81 bits per heavy atom. The van der Waals surface area contributed by atoms with Crippen molar-refractivity contribution in [2.45, 2.75) is 20.8 Å². The second-order valence-electron chi connectivity index (χ2n) is 4.42. The molecule has 1 aromatic carbocycles. The highest BCUT2D eigenvalue weighted by atomic mass is 35.5. The first-order chi connectivity index (χ1) is 10.1. The Kier molecular flexibility index (Phi) is 5.26. The Hall–Kier alpha value is -1.52. The first-order valence-electron chi connectivity index (χ1n) is 6.77. The molecular formula is C16H17ClO3S. The molecule has 0 bridgehead atoms. The highest BCUT2D eigenvalue weighted by molar-refractivity contribution is 7.18. The van der Waals surface area contributed by atoms with Gasteiger partial charge in [-0.15, -0.1) is 11.3 Å². The van der Waals surface area contributed by atoms with E-state index in [1.807, 2.05) is 26.8 Å². The van der Waals surface area contributed by atoms with Crippen LogP contribution in [0.3, 0.4) is 0 Å². The first kappa shape index (κ1) is 15.9. The van der Waals surface area contributed by atoms with Crippen LogP contribution in [-0.4, -0.2) is 19.0 Å². The Bertz CT molecular complexity index is 629. The van der Waals surface area contributed by atoms with E-state index in [9.17, 15) is 4.79 Å². The zero-order valence-corrected chi connectivity index (χ0v) is 13.8. The molecule has 0 atom stereocenters. The summed E-state index contributed by atoms with van der Waals surface area (Å²) in [5.41, 5.74) is 1.49. The standard InChI is InChI=1S/C16H17ClO3S/c1-4-19-12-7-6-11(9-13(12)20-5-2)15(18)14-8-10(3)16(17)21-14/h6-9H,4-5H2,1-3H3. The molecule has 112 valence electrons. The molecule has 3 nitrogen and oxygen atoms in total. The van der Waals surface area contributed by atoms with Crippen LogP contribution in [0, 0.1) is 6.92 Å². The zero-order chi connectivity index (χ0) is 15.4. The molecular weight excluding hydrogens is 308 g/mol. The molecule has 1 heterocycles. The molecule has 0 saturated heterocycles. The highest BCUT2D eigenvalue weighted by Crippen LogP contribution is 2.32. The van der Waals surface area contributed by atoms with Gasteiger partial charge in [0.1, 0.15) is 0 Å². The predicted molar refractivity (Wildman–Crippen MR) is 86.3 cm³/mol. The number of thiophene rings is 1. The van der Waals surface area contributed by atoms with Crippen molar-refractivity contribution in [3.05, 3.63) is 44.6 Å². The number of halogens is 1. The Balaban J connectivity index is 2.35. The van der Waals surface area contributed by atoms with Crippen LogP contribution in [0.2, 0.25) is 4.34 Å². The van der Waals surface area contributed by atoms with Crippen molar-refractivity contribution in [2.24, 2.45) is 0 Å². The summed E-state index contributed by atoms with van der Waals surface area (Å²) in [7, 11) is 0. The summed E-state index contributed by atoms with van der Waals surface area (Å²) < 4.78 is 11.7. The minimum atomic E-state index is -0.0565. The molecule has 2 rings (SSSR count). The average Bonchev–Trinajstić information content (AvgIpc) is 2.80. The lowest BCUT2D eigenvalue weighted by Crippen LogP contribution is -2.03. The molecule has 5 heteroatoms. The third-order valence-electron chi connectivity index (χ3n) is 2.89. The van der Waals surface area contributed by atoms with E-state index in [2.05, 4.69) is 0 Å². The Labute approximate surface area is 133 Å². The zero-order valence-electron chi connectivity index (χ0n) is 12.2. The van der Waals surface area contributed by atoms with E-state index in [1.54, 1.807) is 18.2 Å². The molecule has 0 spiro atoms. The number of ketones is 1. The van der Waals surface area contributed by atoms with Crippen LogP contribution in [0.1, 0.15) is 34.6 Å². The van der Waals surface area contributed by atoms with Crippen molar-refractivity contribution in [1.82, 2.24) is 0 Å². The summed E-state index contributed by atoms with van der Waals surface area (Å²) in [6.07, 6.45) is 0. The van der Waals surface area contributed by atoms with Gasteiger partial charge in [-0.05, 0) is 50.6 Å². The third-order valence-corrected chi connectivity index (χ3v) is 4.44. The van der Waals surface area contributed by atoms with Crippen molar-refractivity contribution in [3.63, 3.8) is 0 Å². The van der Waals surface area contributed by atoms with Gasteiger partial charge in [-0.25, -0.2) is 0 Å². The second-order valence-corrected chi connectivity index (χ2v) is 6.08. The molecule has 0 aliphatic carbocycles. The van der Waals surface area contributed by atoms with Crippen LogP contribution in [0.5, 0.6) is 11.5 Å². The molecule has 0 saturated carbocycles. The van der Waals surface area contributed by atoms with Gasteiger partial charge in [0.25, 0.3) is 0 Å². The minimum Gasteiger partial charge on any atom is -0.490 e. The summed E-state index contributed by atoms with van der Waals surface area (Å²) in [5.74, 6) is 1.18. The van der Waals surface area contributed by atoms with Gasteiger partial charge < -0.3 is 9.47 Å². The molecule has 0 N–H and O–H groups in total. The van der Waals surface area contributed by atoms with Gasteiger partial charge in [-0.3, -0.25) is 4.79 Å². The molecule has 0 aliphatic rings. The number of hydrogen-bond acceptors (Lipinski definition) is 4. The van der Waals surface area contributed by atoms with Crippen molar-refractivity contribution in [3.8, 4) is 11.5 Å². The molecule has 0 aliphatic heterocycles. The van der Waals surface area contributed by atoms with Gasteiger partial charge >= 0.3 is 0 Å². The van der Waals surface area contributed by atoms with Crippen LogP contribution < -0.4 is 9.47 Å². The number of ether oxygens (including phenoxy) is 2. The third kappa shape index (κ3) is 3.57. The van der Waals surface area contributed by atoms with Crippen LogP contribution in [0.15, 0.2) is 24.3 Å². The largest absolute Gasteiger partial charge is 0.490 e. The van der Waals surface area contributed by atoms with E-state index in [0.717, 1.165) is 5.56 Å². The molecule has 0 amide bonds. The fraction of sp³-hybridized carbons (Fsp3) is 0.312. The van der Waals surface area contributed by atoms with Gasteiger partial charge in [0.05, 0.1) is 22.4 Å². The topological polar surface area (TPSA) is 35.5 Å². The molecule has 1 aromatic heterocycles. The molecule has 2 aromatic rings. The van der Waals surface area contributed by atoms with Gasteiger partial charge in [-0.1, -0.05) is 11.6 Å². The Morgan fingerprint density at radius 3 is 2.38 bits per heavy atom. The van der Waals surface area contributed by atoms with Crippen molar-refractivity contribution in [1.29, 1.82) is 0 Å². The van der Waals surface area contributed by atoms with E-state index in [1.165, 1.54) is 11.3 Å². The Morgan fingerprint density at radius 1 is 1.14 bits per heavy atom. The van der Waals surface area contributed by atoms with E-state index in [-0.39, 0.29) is 5.78 Å². The monoisotopic (exact) mass is 324 g/mol. The van der Waals surface area contributed by atoms with Gasteiger partial charge in [0.15, 0.2) is 11.5 Å². The van der Waals surface area contributed by atoms with Gasteiger partial charge in [-0.2, -0.15) is 0 Å². The summed E-state index contributed by atoms with van der Waals surface area (Å²) in [4.78, 5) is 13.1. The van der Waals surface area contributed by atoms with E-state index >= 15 is 0 Å². The number of aryl methyl sites for hydroxylation is 1. The molecule has 21 heavy (non-hydrogen) atoms. The minimum absolute atomic E-state index is 0.0565. The molecule has 0 unspecified atom stereocenters. The maximum Gasteiger partial charge on any atom is 0.203 e. The maximum atomic E-state index is 12.5. The van der Waals surface area contributed by atoms with Crippen molar-refractivity contribution >= 4 is 28.7 Å². The maximum absolute atomic E-state index is 12.5. The van der Waals surface area contributed by atoms with Crippen molar-refractivity contribution < 1.29 is 14.3 Å². The number of carbonyl (C=O) groups is 1. The van der Waals surface area contributed by atoms with E-state index < -0.39 is 0 Å². The molecule has 0 fully saturated rings. The normalized spacial score (nSPS) is 10.5. The SMILES string of the molecule is CCOc1ccc(C(=O)c2cc(C)c(Cl)s2)cc1OCC. The highest BCUT2D eigenvalue weighted by Gasteiger charge is 2.16. The number of benzene rings is 1. The first-order valence-corrected chi connectivity index (χ1v) is 7.96. The van der Waals surface area contributed by atoms with Crippen LogP contribution in [0.25, 0.3) is 0 Å². The number of hydrogen-bond donors (Lipinski definition) is 0. The van der Waals surface area contributed by atoms with E-state index in [0.29, 0.717) is 39.5 Å². The summed E-state index contributed by atoms with van der Waals surface area (Å²) in [6, 6.07) is 7.05. The number of carbonyl (C=O) groups excluding carboxylic acids is 1. The van der Waals surface area contributed by atoms with Crippen molar-refractivity contribution in [2.75, 3.05) is 13.2 Å². The van der Waals surface area contributed by atoms with E-state index in [4.69, 9.17) is 21.1 Å². The second kappa shape index (κ2) is 6.96. The van der Waals surface area contributed by atoms with Crippen LogP contribution in [-0.2, 0) is 0 Å².